The second-order valence-electron chi connectivity index (χ2n) is 5.49. The number of benzene rings is 1. The van der Waals surface area contributed by atoms with Gasteiger partial charge in [-0.15, -0.1) is 11.3 Å². The first kappa shape index (κ1) is 18.0. The van der Waals surface area contributed by atoms with Gasteiger partial charge in [-0.05, 0) is 31.2 Å². The van der Waals surface area contributed by atoms with Crippen LogP contribution < -0.4 is 4.74 Å². The minimum absolute atomic E-state index is 0.0859. The third-order valence-electron chi connectivity index (χ3n) is 3.86. The lowest BCUT2D eigenvalue weighted by molar-refractivity contribution is 0.0597. The summed E-state index contributed by atoms with van der Waals surface area (Å²) in [5, 5.41) is 9.94. The molecule has 2 heterocycles. The number of carbonyl (C=O) groups excluding carboxylic acids is 1. The number of methoxy groups -OCH3 is 2. The molecule has 1 aromatic carbocycles. The molecule has 2 aromatic heterocycles. The standard InChI is InChI=1S/C19H18N2O4S/c1-11-18(26-17(10-22)20-11)15-6-4-5-14(21-15)12-7-8-13(19(23)25-3)16(9-12)24-2/h4-9,22H,10H2,1-3H3. The van der Waals surface area contributed by atoms with Gasteiger partial charge in [0.15, 0.2) is 0 Å². The smallest absolute Gasteiger partial charge is 0.341 e. The van der Waals surface area contributed by atoms with E-state index < -0.39 is 5.97 Å². The number of hydrogen-bond acceptors (Lipinski definition) is 7. The van der Waals surface area contributed by atoms with Gasteiger partial charge >= 0.3 is 5.97 Å². The summed E-state index contributed by atoms with van der Waals surface area (Å²) in [6.07, 6.45) is 0. The molecule has 26 heavy (non-hydrogen) atoms. The molecule has 0 radical (unpaired) electrons. The monoisotopic (exact) mass is 370 g/mol. The third-order valence-corrected chi connectivity index (χ3v) is 5.03. The summed E-state index contributed by atoms with van der Waals surface area (Å²) < 4.78 is 10.1. The molecule has 7 heteroatoms. The van der Waals surface area contributed by atoms with E-state index in [0.29, 0.717) is 16.3 Å². The van der Waals surface area contributed by atoms with Gasteiger partial charge < -0.3 is 14.6 Å². The number of pyridine rings is 1. The Balaban J connectivity index is 2.02. The van der Waals surface area contributed by atoms with E-state index in [1.54, 1.807) is 18.2 Å². The van der Waals surface area contributed by atoms with Gasteiger partial charge in [0, 0.05) is 5.56 Å². The Morgan fingerprint density at radius 2 is 1.92 bits per heavy atom. The fourth-order valence-electron chi connectivity index (χ4n) is 2.61. The molecule has 0 saturated heterocycles. The van der Waals surface area contributed by atoms with Crippen molar-refractivity contribution >= 4 is 17.3 Å². The molecule has 0 aliphatic heterocycles. The van der Waals surface area contributed by atoms with Gasteiger partial charge in [-0.1, -0.05) is 12.1 Å². The number of carbonyl (C=O) groups is 1. The molecule has 0 atom stereocenters. The van der Waals surface area contributed by atoms with Crippen molar-refractivity contribution < 1.29 is 19.4 Å². The summed E-state index contributed by atoms with van der Waals surface area (Å²) in [6.45, 7) is 1.81. The first-order chi connectivity index (χ1) is 12.6. The van der Waals surface area contributed by atoms with E-state index >= 15 is 0 Å². The summed E-state index contributed by atoms with van der Waals surface area (Å²) in [4.78, 5) is 21.8. The van der Waals surface area contributed by atoms with Crippen LogP contribution in [0.5, 0.6) is 5.75 Å². The molecule has 0 saturated carbocycles. The molecule has 134 valence electrons. The topological polar surface area (TPSA) is 81.5 Å². The number of hydrogen-bond donors (Lipinski definition) is 1. The third kappa shape index (κ3) is 3.44. The van der Waals surface area contributed by atoms with E-state index in [-0.39, 0.29) is 6.61 Å². The SMILES string of the molecule is COC(=O)c1ccc(-c2cccc(-c3sc(CO)nc3C)n2)cc1OC. The number of aliphatic hydroxyl groups excluding tert-OH is 1. The number of aryl methyl sites for hydroxylation is 1. The normalized spacial score (nSPS) is 10.6. The second kappa shape index (κ2) is 7.63. The predicted octanol–water partition coefficient (Wildman–Crippen LogP) is 3.47. The van der Waals surface area contributed by atoms with E-state index in [1.807, 2.05) is 25.1 Å². The van der Waals surface area contributed by atoms with Crippen molar-refractivity contribution in [3.8, 4) is 27.6 Å². The Morgan fingerprint density at radius 1 is 1.15 bits per heavy atom. The molecular weight excluding hydrogens is 352 g/mol. The minimum Gasteiger partial charge on any atom is -0.496 e. The Bertz CT molecular complexity index is 952. The van der Waals surface area contributed by atoms with Crippen molar-refractivity contribution in [2.24, 2.45) is 0 Å². The average molecular weight is 370 g/mol. The zero-order valence-electron chi connectivity index (χ0n) is 14.6. The molecule has 0 spiro atoms. The highest BCUT2D eigenvalue weighted by Crippen LogP contribution is 2.32. The zero-order valence-corrected chi connectivity index (χ0v) is 15.5. The van der Waals surface area contributed by atoms with Crippen LogP contribution in [-0.2, 0) is 11.3 Å². The first-order valence-corrected chi connectivity index (χ1v) is 8.70. The molecule has 0 bridgehead atoms. The van der Waals surface area contributed by atoms with Crippen molar-refractivity contribution in [1.29, 1.82) is 0 Å². The number of aromatic nitrogens is 2. The van der Waals surface area contributed by atoms with Crippen LogP contribution in [0.4, 0.5) is 0 Å². The highest BCUT2D eigenvalue weighted by molar-refractivity contribution is 7.15. The summed E-state index contributed by atoms with van der Waals surface area (Å²) in [5.41, 5.74) is 3.55. The number of rotatable bonds is 5. The fourth-order valence-corrected chi connectivity index (χ4v) is 3.50. The lowest BCUT2D eigenvalue weighted by Crippen LogP contribution is -2.04. The van der Waals surface area contributed by atoms with Gasteiger partial charge in [0.25, 0.3) is 0 Å². The van der Waals surface area contributed by atoms with Crippen molar-refractivity contribution in [2.45, 2.75) is 13.5 Å². The Labute approximate surface area is 155 Å². The van der Waals surface area contributed by atoms with Crippen molar-refractivity contribution in [3.63, 3.8) is 0 Å². The van der Waals surface area contributed by atoms with Crippen LogP contribution in [-0.4, -0.2) is 35.3 Å². The maximum atomic E-state index is 11.8. The maximum absolute atomic E-state index is 11.8. The highest BCUT2D eigenvalue weighted by atomic mass is 32.1. The Hall–Kier alpha value is -2.77. The molecule has 0 aliphatic carbocycles. The van der Waals surface area contributed by atoms with Crippen LogP contribution in [0.15, 0.2) is 36.4 Å². The number of nitrogens with zero attached hydrogens (tertiary/aromatic N) is 2. The molecule has 3 rings (SSSR count). The van der Waals surface area contributed by atoms with E-state index in [9.17, 15) is 9.90 Å². The maximum Gasteiger partial charge on any atom is 0.341 e. The molecule has 0 unspecified atom stereocenters. The van der Waals surface area contributed by atoms with Gasteiger partial charge in [-0.2, -0.15) is 0 Å². The van der Waals surface area contributed by atoms with Gasteiger partial charge in [0.2, 0.25) is 0 Å². The summed E-state index contributed by atoms with van der Waals surface area (Å²) in [5.74, 6) is -0.0231. The molecule has 0 amide bonds. The fraction of sp³-hybridized carbons (Fsp3) is 0.211. The quantitative estimate of drug-likeness (QED) is 0.693. The molecule has 1 N–H and O–H groups in total. The highest BCUT2D eigenvalue weighted by Gasteiger charge is 2.15. The van der Waals surface area contributed by atoms with Crippen molar-refractivity contribution in [1.82, 2.24) is 9.97 Å². The molecule has 6 nitrogen and oxygen atoms in total. The largest absolute Gasteiger partial charge is 0.496 e. The number of esters is 1. The van der Waals surface area contributed by atoms with Crippen LogP contribution in [0, 0.1) is 6.92 Å². The van der Waals surface area contributed by atoms with Crippen molar-refractivity contribution in [2.75, 3.05) is 14.2 Å². The Morgan fingerprint density at radius 3 is 2.58 bits per heavy atom. The number of aliphatic hydroxyl groups is 1. The number of ether oxygens (including phenoxy) is 2. The van der Waals surface area contributed by atoms with Gasteiger partial charge in [-0.25, -0.2) is 14.8 Å². The van der Waals surface area contributed by atoms with Crippen LogP contribution in [0.1, 0.15) is 21.1 Å². The number of thiazole rings is 1. The second-order valence-corrected chi connectivity index (χ2v) is 6.58. The van der Waals surface area contributed by atoms with Crippen LogP contribution in [0.2, 0.25) is 0 Å². The predicted molar refractivity (Wildman–Crippen MR) is 99.3 cm³/mol. The molecule has 0 aliphatic rings. The van der Waals surface area contributed by atoms with Crippen LogP contribution >= 0.6 is 11.3 Å². The van der Waals surface area contributed by atoms with E-state index in [0.717, 1.165) is 27.5 Å². The summed E-state index contributed by atoms with van der Waals surface area (Å²) in [6, 6.07) is 10.9. The van der Waals surface area contributed by atoms with Crippen LogP contribution in [0.25, 0.3) is 21.8 Å². The average Bonchev–Trinajstić information content (AvgIpc) is 3.07. The molecule has 3 aromatic rings. The van der Waals surface area contributed by atoms with Gasteiger partial charge in [0.05, 0.1) is 42.8 Å². The van der Waals surface area contributed by atoms with Crippen molar-refractivity contribution in [3.05, 3.63) is 52.7 Å². The lowest BCUT2D eigenvalue weighted by atomic mass is 10.1. The first-order valence-electron chi connectivity index (χ1n) is 7.88. The lowest BCUT2D eigenvalue weighted by Gasteiger charge is -2.10. The zero-order chi connectivity index (χ0) is 18.7. The minimum atomic E-state index is -0.452. The summed E-state index contributed by atoms with van der Waals surface area (Å²) in [7, 11) is 2.84. The molecular formula is C19H18N2O4S. The van der Waals surface area contributed by atoms with Crippen LogP contribution in [0.3, 0.4) is 0 Å². The van der Waals surface area contributed by atoms with E-state index in [2.05, 4.69) is 4.98 Å². The van der Waals surface area contributed by atoms with Gasteiger partial charge in [-0.3, -0.25) is 0 Å². The molecule has 0 fully saturated rings. The Kier molecular flexibility index (Phi) is 5.29. The van der Waals surface area contributed by atoms with E-state index in [4.69, 9.17) is 14.5 Å². The van der Waals surface area contributed by atoms with Gasteiger partial charge in [0.1, 0.15) is 16.3 Å². The summed E-state index contributed by atoms with van der Waals surface area (Å²) >= 11 is 1.42. The van der Waals surface area contributed by atoms with E-state index in [1.165, 1.54) is 25.6 Å².